The Morgan fingerprint density at radius 1 is 1.57 bits per heavy atom. The molecule has 0 aliphatic rings. The summed E-state index contributed by atoms with van der Waals surface area (Å²) in [5.74, 6) is -0.0981. The van der Waals surface area contributed by atoms with E-state index in [-0.39, 0.29) is 5.91 Å². The minimum absolute atomic E-state index is 0.0981. The Morgan fingerprint density at radius 3 is 3.07 bits per heavy atom. The molecule has 0 spiro atoms. The van der Waals surface area contributed by atoms with Gasteiger partial charge in [0.05, 0.1) is 0 Å². The highest BCUT2D eigenvalue weighted by Crippen LogP contribution is 1.90. The number of aromatic nitrogens is 2. The van der Waals surface area contributed by atoms with Crippen LogP contribution in [0.1, 0.15) is 23.8 Å². The van der Waals surface area contributed by atoms with Crippen molar-refractivity contribution in [3.05, 3.63) is 18.0 Å². The number of hydrogen-bond donors (Lipinski definition) is 3. The van der Waals surface area contributed by atoms with E-state index in [9.17, 15) is 4.79 Å². The molecule has 0 saturated carbocycles. The average molecular weight is 196 g/mol. The third-order valence-corrected chi connectivity index (χ3v) is 1.81. The van der Waals surface area contributed by atoms with Crippen molar-refractivity contribution < 1.29 is 4.79 Å². The number of nitrogens with one attached hydrogen (secondary N) is 3. The van der Waals surface area contributed by atoms with E-state index >= 15 is 0 Å². The van der Waals surface area contributed by atoms with Crippen molar-refractivity contribution in [1.29, 1.82) is 0 Å². The Labute approximate surface area is 83.3 Å². The molecule has 1 amide bonds. The van der Waals surface area contributed by atoms with E-state index in [0.29, 0.717) is 12.2 Å². The first-order chi connectivity index (χ1) is 6.84. The summed E-state index contributed by atoms with van der Waals surface area (Å²) in [6.07, 6.45) is 2.50. The van der Waals surface area contributed by atoms with E-state index in [1.807, 2.05) is 0 Å². The molecule has 0 aliphatic heterocycles. The van der Waals surface area contributed by atoms with Crippen LogP contribution < -0.4 is 10.6 Å². The third kappa shape index (κ3) is 3.57. The van der Waals surface area contributed by atoms with Gasteiger partial charge in [0, 0.05) is 12.7 Å². The number of nitrogens with zero attached hydrogens (tertiary/aromatic N) is 1. The lowest BCUT2D eigenvalue weighted by atomic mass is 10.3. The normalized spacial score (nSPS) is 10.1. The van der Waals surface area contributed by atoms with Gasteiger partial charge < -0.3 is 10.6 Å². The number of carbonyl (C=O) groups excluding carboxylic acids is 1. The molecule has 0 unspecified atom stereocenters. The average Bonchev–Trinajstić information content (AvgIpc) is 2.70. The Hall–Kier alpha value is -1.36. The van der Waals surface area contributed by atoms with Gasteiger partial charge in [-0.3, -0.25) is 9.89 Å². The first-order valence-electron chi connectivity index (χ1n) is 4.83. The highest BCUT2D eigenvalue weighted by Gasteiger charge is 2.04. The van der Waals surface area contributed by atoms with Crippen LogP contribution in [-0.2, 0) is 0 Å². The van der Waals surface area contributed by atoms with Crippen molar-refractivity contribution in [3.8, 4) is 0 Å². The lowest BCUT2D eigenvalue weighted by molar-refractivity contribution is 0.0948. The van der Waals surface area contributed by atoms with Gasteiger partial charge in [-0.25, -0.2) is 0 Å². The SMILES string of the molecule is CCNCCCNC(=O)c1ccn[nH]1. The molecule has 0 bridgehead atoms. The summed E-state index contributed by atoms with van der Waals surface area (Å²) in [6, 6.07) is 1.65. The van der Waals surface area contributed by atoms with Crippen LogP contribution in [0.15, 0.2) is 12.3 Å². The van der Waals surface area contributed by atoms with Crippen LogP contribution in [0.25, 0.3) is 0 Å². The van der Waals surface area contributed by atoms with Crippen LogP contribution in [-0.4, -0.2) is 35.7 Å². The Balaban J connectivity index is 2.10. The molecule has 0 saturated heterocycles. The van der Waals surface area contributed by atoms with Crippen LogP contribution >= 0.6 is 0 Å². The number of amides is 1. The molecule has 78 valence electrons. The minimum Gasteiger partial charge on any atom is -0.351 e. The van der Waals surface area contributed by atoms with E-state index < -0.39 is 0 Å². The zero-order chi connectivity index (χ0) is 10.2. The first-order valence-corrected chi connectivity index (χ1v) is 4.83. The van der Waals surface area contributed by atoms with Crippen LogP contribution in [0.3, 0.4) is 0 Å². The van der Waals surface area contributed by atoms with Gasteiger partial charge in [-0.05, 0) is 25.6 Å². The predicted octanol–water partition coefficient (Wildman–Crippen LogP) is 0.139. The van der Waals surface area contributed by atoms with Gasteiger partial charge in [0.1, 0.15) is 5.69 Å². The van der Waals surface area contributed by atoms with Gasteiger partial charge in [-0.1, -0.05) is 6.92 Å². The van der Waals surface area contributed by atoms with Crippen molar-refractivity contribution in [2.45, 2.75) is 13.3 Å². The highest BCUT2D eigenvalue weighted by atomic mass is 16.1. The second kappa shape index (κ2) is 6.15. The summed E-state index contributed by atoms with van der Waals surface area (Å²) >= 11 is 0. The first kappa shape index (κ1) is 10.7. The molecule has 5 heteroatoms. The summed E-state index contributed by atoms with van der Waals surface area (Å²) in [5, 5.41) is 12.3. The minimum atomic E-state index is -0.0981. The van der Waals surface area contributed by atoms with E-state index in [1.54, 1.807) is 12.3 Å². The van der Waals surface area contributed by atoms with Crippen molar-refractivity contribution in [1.82, 2.24) is 20.8 Å². The van der Waals surface area contributed by atoms with Crippen LogP contribution in [0, 0.1) is 0 Å². The van der Waals surface area contributed by atoms with Gasteiger partial charge in [0.15, 0.2) is 0 Å². The lowest BCUT2D eigenvalue weighted by Crippen LogP contribution is -2.27. The molecule has 3 N–H and O–H groups in total. The topological polar surface area (TPSA) is 69.8 Å². The summed E-state index contributed by atoms with van der Waals surface area (Å²) in [6.45, 7) is 4.64. The zero-order valence-electron chi connectivity index (χ0n) is 8.34. The molecule has 0 aromatic carbocycles. The maximum atomic E-state index is 11.3. The highest BCUT2D eigenvalue weighted by molar-refractivity contribution is 5.91. The Bertz CT molecular complexity index is 258. The number of H-pyrrole nitrogens is 1. The summed E-state index contributed by atoms with van der Waals surface area (Å²) < 4.78 is 0. The van der Waals surface area contributed by atoms with Gasteiger partial charge >= 0.3 is 0 Å². The summed E-state index contributed by atoms with van der Waals surface area (Å²) in [5.41, 5.74) is 0.508. The fraction of sp³-hybridized carbons (Fsp3) is 0.556. The quantitative estimate of drug-likeness (QED) is 0.567. The van der Waals surface area contributed by atoms with Crippen molar-refractivity contribution in [2.75, 3.05) is 19.6 Å². The van der Waals surface area contributed by atoms with Crippen LogP contribution in [0.5, 0.6) is 0 Å². The predicted molar refractivity (Wildman–Crippen MR) is 54.1 cm³/mol. The van der Waals surface area contributed by atoms with Gasteiger partial charge in [-0.15, -0.1) is 0 Å². The van der Waals surface area contributed by atoms with Gasteiger partial charge in [0.2, 0.25) is 0 Å². The molecule has 1 heterocycles. The van der Waals surface area contributed by atoms with E-state index in [1.165, 1.54) is 0 Å². The fourth-order valence-corrected chi connectivity index (χ4v) is 1.07. The molecule has 1 aromatic heterocycles. The van der Waals surface area contributed by atoms with Crippen molar-refractivity contribution in [3.63, 3.8) is 0 Å². The third-order valence-electron chi connectivity index (χ3n) is 1.81. The molecule has 5 nitrogen and oxygen atoms in total. The molecule has 0 fully saturated rings. The Morgan fingerprint density at radius 2 is 2.43 bits per heavy atom. The van der Waals surface area contributed by atoms with Gasteiger partial charge in [-0.2, -0.15) is 5.10 Å². The maximum Gasteiger partial charge on any atom is 0.269 e. The van der Waals surface area contributed by atoms with E-state index in [0.717, 1.165) is 19.5 Å². The lowest BCUT2D eigenvalue weighted by Gasteiger charge is -2.03. The number of aromatic amines is 1. The molecule has 14 heavy (non-hydrogen) atoms. The fourth-order valence-electron chi connectivity index (χ4n) is 1.07. The number of carbonyl (C=O) groups is 1. The van der Waals surface area contributed by atoms with E-state index in [2.05, 4.69) is 27.8 Å². The number of hydrogen-bond acceptors (Lipinski definition) is 3. The van der Waals surface area contributed by atoms with E-state index in [4.69, 9.17) is 0 Å². The van der Waals surface area contributed by atoms with Gasteiger partial charge in [0.25, 0.3) is 5.91 Å². The monoisotopic (exact) mass is 196 g/mol. The molecule has 1 rings (SSSR count). The number of rotatable bonds is 6. The van der Waals surface area contributed by atoms with Crippen molar-refractivity contribution in [2.24, 2.45) is 0 Å². The largest absolute Gasteiger partial charge is 0.351 e. The molecule has 1 aromatic rings. The van der Waals surface area contributed by atoms with Crippen LogP contribution in [0.2, 0.25) is 0 Å². The second-order valence-electron chi connectivity index (χ2n) is 2.93. The maximum absolute atomic E-state index is 11.3. The van der Waals surface area contributed by atoms with Crippen LogP contribution in [0.4, 0.5) is 0 Å². The summed E-state index contributed by atoms with van der Waals surface area (Å²) in [4.78, 5) is 11.3. The zero-order valence-corrected chi connectivity index (χ0v) is 8.34. The van der Waals surface area contributed by atoms with Crippen molar-refractivity contribution >= 4 is 5.91 Å². The second-order valence-corrected chi connectivity index (χ2v) is 2.93. The molecular weight excluding hydrogens is 180 g/mol. The molecule has 0 radical (unpaired) electrons. The standard InChI is InChI=1S/C9H16N4O/c1-2-10-5-3-6-11-9(14)8-4-7-12-13-8/h4,7,10H,2-3,5-6H2,1H3,(H,11,14)(H,12,13). The molecular formula is C9H16N4O. The Kier molecular flexibility index (Phi) is 4.71. The molecule has 0 atom stereocenters. The summed E-state index contributed by atoms with van der Waals surface area (Å²) in [7, 11) is 0. The smallest absolute Gasteiger partial charge is 0.269 e. The molecule has 0 aliphatic carbocycles.